The van der Waals surface area contributed by atoms with E-state index in [1.54, 1.807) is 0 Å². The molecule has 1 aliphatic rings. The van der Waals surface area contributed by atoms with Crippen molar-refractivity contribution in [3.63, 3.8) is 0 Å². The third kappa shape index (κ3) is 3.51. The molecule has 1 aromatic carbocycles. The fraction of sp³-hybridized carbons (Fsp3) is 0.556. The highest BCUT2D eigenvalue weighted by Crippen LogP contribution is 2.24. The monoisotopic (exact) mass is 301 g/mol. The lowest BCUT2D eigenvalue weighted by Gasteiger charge is -2.26. The van der Waals surface area contributed by atoms with E-state index in [0.717, 1.165) is 19.5 Å². The number of aliphatic hydroxyl groups excluding tert-OH is 1. The van der Waals surface area contributed by atoms with Gasteiger partial charge in [-0.1, -0.05) is 11.6 Å². The molecule has 2 heterocycles. The van der Waals surface area contributed by atoms with Crippen molar-refractivity contribution in [2.45, 2.75) is 26.3 Å². The van der Waals surface area contributed by atoms with E-state index in [0.29, 0.717) is 6.54 Å². The van der Waals surface area contributed by atoms with Gasteiger partial charge in [0.2, 0.25) is 0 Å². The maximum Gasteiger partial charge on any atom is 0.0610 e. The number of aryl methyl sites for hydroxylation is 2. The van der Waals surface area contributed by atoms with Crippen molar-refractivity contribution in [3.05, 3.63) is 35.5 Å². The number of aliphatic hydroxyl groups is 1. The van der Waals surface area contributed by atoms with Crippen molar-refractivity contribution >= 4 is 10.9 Å². The normalized spacial score (nSPS) is 16.5. The fourth-order valence-electron chi connectivity index (χ4n) is 3.40. The summed E-state index contributed by atoms with van der Waals surface area (Å²) in [4.78, 5) is 2.55. The molecule has 1 aliphatic heterocycles. The molecule has 0 spiro atoms. The average molecular weight is 301 g/mol. The molecule has 4 heteroatoms. The Balaban J connectivity index is 1.70. The molecule has 0 unspecified atom stereocenters. The topological polar surface area (TPSA) is 40.4 Å². The number of hydrogen-bond acceptors (Lipinski definition) is 3. The van der Waals surface area contributed by atoms with Crippen LogP contribution in [0.2, 0.25) is 0 Å². The summed E-state index contributed by atoms with van der Waals surface area (Å²) >= 11 is 0. The van der Waals surface area contributed by atoms with Crippen LogP contribution in [0.15, 0.2) is 24.4 Å². The molecule has 4 nitrogen and oxygen atoms in total. The number of piperazine rings is 1. The molecule has 0 amide bonds. The molecule has 1 aromatic heterocycles. The maximum absolute atomic E-state index is 9.26. The van der Waals surface area contributed by atoms with Crippen molar-refractivity contribution in [2.75, 3.05) is 39.3 Å². The van der Waals surface area contributed by atoms with Crippen LogP contribution in [-0.2, 0) is 13.0 Å². The van der Waals surface area contributed by atoms with Crippen molar-refractivity contribution < 1.29 is 5.11 Å². The minimum absolute atomic E-state index is 0.192. The van der Waals surface area contributed by atoms with Crippen LogP contribution in [0.25, 0.3) is 10.9 Å². The van der Waals surface area contributed by atoms with E-state index in [4.69, 9.17) is 0 Å². The third-order valence-corrected chi connectivity index (χ3v) is 4.59. The van der Waals surface area contributed by atoms with Crippen LogP contribution in [-0.4, -0.2) is 53.9 Å². The Hall–Kier alpha value is -1.36. The second-order valence-corrected chi connectivity index (χ2v) is 6.29. The van der Waals surface area contributed by atoms with E-state index in [1.165, 1.54) is 48.1 Å². The van der Waals surface area contributed by atoms with Gasteiger partial charge in [-0.15, -0.1) is 0 Å². The van der Waals surface area contributed by atoms with Gasteiger partial charge in [0.25, 0.3) is 0 Å². The predicted molar refractivity (Wildman–Crippen MR) is 91.4 cm³/mol. The van der Waals surface area contributed by atoms with E-state index in [9.17, 15) is 5.11 Å². The third-order valence-electron chi connectivity index (χ3n) is 4.59. The highest BCUT2D eigenvalue weighted by atomic mass is 16.3. The van der Waals surface area contributed by atoms with Crippen LogP contribution >= 0.6 is 0 Å². The number of hydrogen-bond donors (Lipinski definition) is 2. The summed E-state index contributed by atoms with van der Waals surface area (Å²) in [7, 11) is 0. The molecular formula is C18H27N3O. The molecule has 1 fully saturated rings. The van der Waals surface area contributed by atoms with Crippen molar-refractivity contribution in [2.24, 2.45) is 0 Å². The lowest BCUT2D eigenvalue weighted by atomic mass is 10.1. The van der Waals surface area contributed by atoms with Gasteiger partial charge in [-0.2, -0.15) is 0 Å². The second kappa shape index (κ2) is 7.27. The summed E-state index contributed by atoms with van der Waals surface area (Å²) in [6.07, 6.45) is 4.55. The molecule has 0 saturated carbocycles. The lowest BCUT2D eigenvalue weighted by Crippen LogP contribution is -2.43. The number of nitrogens with zero attached hydrogens (tertiary/aromatic N) is 2. The zero-order chi connectivity index (χ0) is 15.4. The largest absolute Gasteiger partial charge is 0.395 e. The van der Waals surface area contributed by atoms with Crippen LogP contribution < -0.4 is 5.32 Å². The SMILES string of the molecule is Cc1ccc2c(c1)c(CCCN1CCNCC1)cn2CCO. The fourth-order valence-corrected chi connectivity index (χ4v) is 3.40. The zero-order valence-corrected chi connectivity index (χ0v) is 13.5. The Bertz CT molecular complexity index is 614. The summed E-state index contributed by atoms with van der Waals surface area (Å²) in [5, 5.41) is 14.0. The van der Waals surface area contributed by atoms with Gasteiger partial charge in [0.15, 0.2) is 0 Å². The summed E-state index contributed by atoms with van der Waals surface area (Å²) in [5.74, 6) is 0. The van der Waals surface area contributed by atoms with E-state index in [2.05, 4.69) is 46.1 Å². The summed E-state index contributed by atoms with van der Waals surface area (Å²) in [6.45, 7) is 8.78. The number of fused-ring (bicyclic) bond motifs is 1. The average Bonchev–Trinajstić information content (AvgIpc) is 2.86. The van der Waals surface area contributed by atoms with Crippen LogP contribution in [0.5, 0.6) is 0 Å². The number of nitrogens with one attached hydrogen (secondary N) is 1. The Kier molecular flexibility index (Phi) is 5.13. The van der Waals surface area contributed by atoms with Gasteiger partial charge in [-0.25, -0.2) is 0 Å². The molecule has 0 radical (unpaired) electrons. The first-order chi connectivity index (χ1) is 10.8. The summed E-state index contributed by atoms with van der Waals surface area (Å²) < 4.78 is 2.19. The molecule has 2 aromatic rings. The molecule has 0 atom stereocenters. The second-order valence-electron chi connectivity index (χ2n) is 6.29. The van der Waals surface area contributed by atoms with Crippen molar-refractivity contribution in [3.8, 4) is 0 Å². The van der Waals surface area contributed by atoms with Gasteiger partial charge < -0.3 is 19.9 Å². The number of aromatic nitrogens is 1. The van der Waals surface area contributed by atoms with Crippen LogP contribution in [0.3, 0.4) is 0 Å². The van der Waals surface area contributed by atoms with Crippen LogP contribution in [0.4, 0.5) is 0 Å². The van der Waals surface area contributed by atoms with E-state index in [1.807, 2.05) is 0 Å². The van der Waals surface area contributed by atoms with Crippen molar-refractivity contribution in [1.82, 2.24) is 14.8 Å². The molecule has 0 bridgehead atoms. The molecule has 2 N–H and O–H groups in total. The van der Waals surface area contributed by atoms with Gasteiger partial charge >= 0.3 is 0 Å². The van der Waals surface area contributed by atoms with Crippen LogP contribution in [0, 0.1) is 6.92 Å². The number of benzene rings is 1. The first kappa shape index (κ1) is 15.5. The molecular weight excluding hydrogens is 274 g/mol. The van der Waals surface area contributed by atoms with E-state index in [-0.39, 0.29) is 6.61 Å². The Morgan fingerprint density at radius 3 is 2.77 bits per heavy atom. The van der Waals surface area contributed by atoms with Gasteiger partial charge in [0.1, 0.15) is 0 Å². The molecule has 22 heavy (non-hydrogen) atoms. The highest BCUT2D eigenvalue weighted by Gasteiger charge is 2.11. The Morgan fingerprint density at radius 1 is 1.18 bits per heavy atom. The lowest BCUT2D eigenvalue weighted by molar-refractivity contribution is 0.238. The quantitative estimate of drug-likeness (QED) is 0.854. The highest BCUT2D eigenvalue weighted by molar-refractivity contribution is 5.84. The predicted octanol–water partition coefficient (Wildman–Crippen LogP) is 1.78. The minimum Gasteiger partial charge on any atom is -0.395 e. The summed E-state index contributed by atoms with van der Waals surface area (Å²) in [5.41, 5.74) is 3.97. The first-order valence-corrected chi connectivity index (χ1v) is 8.40. The van der Waals surface area contributed by atoms with E-state index < -0.39 is 0 Å². The van der Waals surface area contributed by atoms with Crippen molar-refractivity contribution in [1.29, 1.82) is 0 Å². The molecule has 120 valence electrons. The van der Waals surface area contributed by atoms with Gasteiger partial charge in [-0.05, 0) is 44.0 Å². The first-order valence-electron chi connectivity index (χ1n) is 8.40. The Morgan fingerprint density at radius 2 is 2.00 bits per heavy atom. The molecule has 0 aliphatic carbocycles. The maximum atomic E-state index is 9.26. The van der Waals surface area contributed by atoms with Gasteiger partial charge in [0, 0.05) is 49.8 Å². The standard InChI is InChI=1S/C18H27N3O/c1-15-4-5-18-17(13-15)16(14-21(18)11-12-22)3-2-8-20-9-6-19-7-10-20/h4-5,13-14,19,22H,2-3,6-12H2,1H3. The van der Waals surface area contributed by atoms with Gasteiger partial charge in [0.05, 0.1) is 6.61 Å². The summed E-state index contributed by atoms with van der Waals surface area (Å²) in [6, 6.07) is 6.62. The Labute approximate surface area is 132 Å². The molecule has 1 saturated heterocycles. The minimum atomic E-state index is 0.192. The van der Waals surface area contributed by atoms with Crippen LogP contribution in [0.1, 0.15) is 17.5 Å². The number of rotatable bonds is 6. The van der Waals surface area contributed by atoms with Gasteiger partial charge in [-0.3, -0.25) is 0 Å². The smallest absolute Gasteiger partial charge is 0.0610 e. The molecule has 3 rings (SSSR count). The zero-order valence-electron chi connectivity index (χ0n) is 13.5. The van der Waals surface area contributed by atoms with E-state index >= 15 is 0 Å².